The maximum atomic E-state index is 12.9. The summed E-state index contributed by atoms with van der Waals surface area (Å²) >= 11 is 0. The number of nitrogens with zero attached hydrogens (tertiary/aromatic N) is 2. The van der Waals surface area contributed by atoms with E-state index in [0.29, 0.717) is 0 Å². The van der Waals surface area contributed by atoms with Crippen molar-refractivity contribution in [1.29, 1.82) is 5.26 Å². The number of anilines is 1. The van der Waals surface area contributed by atoms with Crippen molar-refractivity contribution in [2.24, 2.45) is 0 Å². The van der Waals surface area contributed by atoms with Crippen LogP contribution >= 0.6 is 0 Å². The molecular formula is C13H7F2N3O. The van der Waals surface area contributed by atoms with Crippen LogP contribution in [0.1, 0.15) is 16.1 Å². The molecule has 1 amide bonds. The lowest BCUT2D eigenvalue weighted by Gasteiger charge is -2.06. The molecular weight excluding hydrogens is 252 g/mol. The topological polar surface area (TPSA) is 65.8 Å². The average Bonchev–Trinajstić information content (AvgIpc) is 2.40. The Kier molecular flexibility index (Phi) is 3.48. The van der Waals surface area contributed by atoms with E-state index in [2.05, 4.69) is 10.3 Å². The van der Waals surface area contributed by atoms with Crippen molar-refractivity contribution >= 4 is 11.6 Å². The lowest BCUT2D eigenvalue weighted by atomic mass is 10.2. The molecule has 6 heteroatoms. The van der Waals surface area contributed by atoms with E-state index in [1.54, 1.807) is 6.07 Å². The van der Waals surface area contributed by atoms with Gasteiger partial charge in [0.15, 0.2) is 0 Å². The molecule has 0 fully saturated rings. The predicted octanol–water partition coefficient (Wildman–Crippen LogP) is 2.48. The van der Waals surface area contributed by atoms with E-state index in [1.807, 2.05) is 0 Å². The molecule has 0 saturated carbocycles. The van der Waals surface area contributed by atoms with Crippen LogP contribution in [0.4, 0.5) is 14.5 Å². The first-order valence-corrected chi connectivity index (χ1v) is 5.23. The van der Waals surface area contributed by atoms with E-state index in [-0.39, 0.29) is 16.9 Å². The van der Waals surface area contributed by atoms with Gasteiger partial charge in [0, 0.05) is 0 Å². The van der Waals surface area contributed by atoms with Gasteiger partial charge in [-0.05, 0) is 30.3 Å². The number of hydrogen-bond acceptors (Lipinski definition) is 3. The first kappa shape index (κ1) is 12.6. The van der Waals surface area contributed by atoms with Crippen LogP contribution in [-0.2, 0) is 0 Å². The Bertz CT molecular complexity index is 680. The van der Waals surface area contributed by atoms with Crippen LogP contribution in [0.3, 0.4) is 0 Å². The van der Waals surface area contributed by atoms with Gasteiger partial charge in [0.1, 0.15) is 17.6 Å². The number of hydrogen-bond donors (Lipinski definition) is 1. The van der Waals surface area contributed by atoms with Crippen molar-refractivity contribution in [3.63, 3.8) is 0 Å². The van der Waals surface area contributed by atoms with Crippen LogP contribution in [0.15, 0.2) is 36.4 Å². The Hall–Kier alpha value is -2.81. The molecule has 0 radical (unpaired) electrons. The standard InChI is InChI=1S/C13H7F2N3O/c14-9-4-5-10(8(6-9)7-16)18-13(19)11-2-1-3-12(15)17-11/h1-6H,(H,18,19). The summed E-state index contributed by atoms with van der Waals surface area (Å²) in [6, 6.07) is 8.89. The SMILES string of the molecule is N#Cc1cc(F)ccc1NC(=O)c1cccc(F)n1. The normalized spacial score (nSPS) is 9.74. The fourth-order valence-electron chi connectivity index (χ4n) is 1.44. The van der Waals surface area contributed by atoms with Gasteiger partial charge in [-0.15, -0.1) is 0 Å². The van der Waals surface area contributed by atoms with Crippen LogP contribution in [0.25, 0.3) is 0 Å². The van der Waals surface area contributed by atoms with Gasteiger partial charge in [-0.25, -0.2) is 9.37 Å². The summed E-state index contributed by atoms with van der Waals surface area (Å²) in [6.07, 6.45) is 0. The average molecular weight is 259 g/mol. The highest BCUT2D eigenvalue weighted by Crippen LogP contribution is 2.16. The van der Waals surface area contributed by atoms with Crippen molar-refractivity contribution in [2.45, 2.75) is 0 Å². The number of benzene rings is 1. The number of nitrogens with one attached hydrogen (secondary N) is 1. The molecule has 2 aromatic rings. The summed E-state index contributed by atoms with van der Waals surface area (Å²) in [4.78, 5) is 15.2. The molecule has 1 N–H and O–H groups in total. The van der Waals surface area contributed by atoms with Crippen molar-refractivity contribution in [1.82, 2.24) is 4.98 Å². The lowest BCUT2D eigenvalue weighted by molar-refractivity contribution is 0.102. The van der Waals surface area contributed by atoms with Gasteiger partial charge in [0.05, 0.1) is 11.3 Å². The maximum Gasteiger partial charge on any atom is 0.274 e. The summed E-state index contributed by atoms with van der Waals surface area (Å²) < 4.78 is 25.8. The van der Waals surface area contributed by atoms with Gasteiger partial charge in [-0.1, -0.05) is 6.07 Å². The molecule has 0 aliphatic carbocycles. The molecule has 0 aliphatic rings. The molecule has 2 rings (SSSR count). The van der Waals surface area contributed by atoms with Crippen molar-refractivity contribution in [2.75, 3.05) is 5.32 Å². The molecule has 0 bridgehead atoms. The monoisotopic (exact) mass is 259 g/mol. The highest BCUT2D eigenvalue weighted by atomic mass is 19.1. The molecule has 19 heavy (non-hydrogen) atoms. The van der Waals surface area contributed by atoms with Gasteiger partial charge in [0.2, 0.25) is 5.95 Å². The van der Waals surface area contributed by atoms with Crippen LogP contribution in [0, 0.1) is 23.1 Å². The zero-order chi connectivity index (χ0) is 13.8. The molecule has 1 heterocycles. The first-order valence-electron chi connectivity index (χ1n) is 5.23. The van der Waals surface area contributed by atoms with Crippen molar-refractivity contribution < 1.29 is 13.6 Å². The Morgan fingerprint density at radius 1 is 1.26 bits per heavy atom. The summed E-state index contributed by atoms with van der Waals surface area (Å²) in [5, 5.41) is 11.2. The van der Waals surface area contributed by atoms with Gasteiger partial charge in [0.25, 0.3) is 5.91 Å². The van der Waals surface area contributed by atoms with Gasteiger partial charge in [-0.2, -0.15) is 9.65 Å². The highest BCUT2D eigenvalue weighted by Gasteiger charge is 2.11. The Morgan fingerprint density at radius 2 is 2.05 bits per heavy atom. The molecule has 94 valence electrons. The minimum atomic E-state index is -0.785. The number of pyridine rings is 1. The van der Waals surface area contributed by atoms with Crippen LogP contribution in [0.2, 0.25) is 0 Å². The zero-order valence-corrected chi connectivity index (χ0v) is 9.52. The van der Waals surface area contributed by atoms with Crippen LogP contribution in [-0.4, -0.2) is 10.9 Å². The van der Waals surface area contributed by atoms with Crippen molar-refractivity contribution in [3.05, 3.63) is 59.4 Å². The zero-order valence-electron chi connectivity index (χ0n) is 9.52. The third-order valence-electron chi connectivity index (χ3n) is 2.30. The van der Waals surface area contributed by atoms with Crippen LogP contribution in [0.5, 0.6) is 0 Å². The second kappa shape index (κ2) is 5.23. The van der Waals surface area contributed by atoms with E-state index in [9.17, 15) is 13.6 Å². The van der Waals surface area contributed by atoms with Gasteiger partial charge in [-0.3, -0.25) is 4.79 Å². The molecule has 0 spiro atoms. The Labute approximate surface area is 107 Å². The third-order valence-corrected chi connectivity index (χ3v) is 2.30. The Morgan fingerprint density at radius 3 is 2.74 bits per heavy atom. The highest BCUT2D eigenvalue weighted by molar-refractivity contribution is 6.03. The summed E-state index contributed by atoms with van der Waals surface area (Å²) in [6.45, 7) is 0. The molecule has 0 aliphatic heterocycles. The third kappa shape index (κ3) is 2.90. The van der Waals surface area contributed by atoms with E-state index >= 15 is 0 Å². The predicted molar refractivity (Wildman–Crippen MR) is 63.3 cm³/mol. The number of carbonyl (C=O) groups excluding carboxylic acids is 1. The molecule has 4 nitrogen and oxygen atoms in total. The largest absolute Gasteiger partial charge is 0.319 e. The molecule has 0 unspecified atom stereocenters. The fraction of sp³-hybridized carbons (Fsp3) is 0. The summed E-state index contributed by atoms with van der Waals surface area (Å²) in [5.74, 6) is -2.05. The van der Waals surface area contributed by atoms with Gasteiger partial charge >= 0.3 is 0 Å². The number of carbonyl (C=O) groups is 1. The smallest absolute Gasteiger partial charge is 0.274 e. The first-order chi connectivity index (χ1) is 9.10. The molecule has 0 saturated heterocycles. The molecule has 0 atom stereocenters. The maximum absolute atomic E-state index is 12.9. The second-order valence-corrected chi connectivity index (χ2v) is 3.60. The van der Waals surface area contributed by atoms with E-state index < -0.39 is 17.7 Å². The number of rotatable bonds is 2. The number of aromatic nitrogens is 1. The number of amides is 1. The summed E-state index contributed by atoms with van der Waals surface area (Å²) in [5.41, 5.74) is -0.0158. The number of halogens is 2. The van der Waals surface area contributed by atoms with Crippen LogP contribution < -0.4 is 5.32 Å². The molecule has 1 aromatic carbocycles. The quantitative estimate of drug-likeness (QED) is 0.842. The van der Waals surface area contributed by atoms with Crippen molar-refractivity contribution in [3.8, 4) is 6.07 Å². The molecule has 1 aromatic heterocycles. The Balaban J connectivity index is 2.27. The number of nitriles is 1. The lowest BCUT2D eigenvalue weighted by Crippen LogP contribution is -2.15. The summed E-state index contributed by atoms with van der Waals surface area (Å²) in [7, 11) is 0. The fourth-order valence-corrected chi connectivity index (χ4v) is 1.44. The van der Waals surface area contributed by atoms with Gasteiger partial charge < -0.3 is 5.32 Å². The minimum Gasteiger partial charge on any atom is -0.319 e. The van der Waals surface area contributed by atoms with E-state index in [1.165, 1.54) is 18.2 Å². The second-order valence-electron chi connectivity index (χ2n) is 3.60. The minimum absolute atomic E-state index is 0.0234. The van der Waals surface area contributed by atoms with E-state index in [0.717, 1.165) is 18.2 Å². The van der Waals surface area contributed by atoms with E-state index in [4.69, 9.17) is 5.26 Å².